The molecule has 0 saturated carbocycles. The molecule has 2 unspecified atom stereocenters. The third-order valence-corrected chi connectivity index (χ3v) is 3.80. The molecule has 1 heterocycles. The summed E-state index contributed by atoms with van der Waals surface area (Å²) in [5, 5.41) is 9.62. The molecule has 1 fully saturated rings. The summed E-state index contributed by atoms with van der Waals surface area (Å²) in [6.07, 6.45) is 0.175. The number of carbonyl (C=O) groups is 1. The zero-order chi connectivity index (χ0) is 13.3. The molecule has 2 rings (SSSR count). The van der Waals surface area contributed by atoms with Crippen molar-refractivity contribution in [2.45, 2.75) is 19.4 Å². The van der Waals surface area contributed by atoms with E-state index < -0.39 is 5.82 Å². The third kappa shape index (κ3) is 2.72. The number of hydrogen-bond acceptors (Lipinski definition) is 2. The third-order valence-electron chi connectivity index (χ3n) is 3.31. The highest BCUT2D eigenvalue weighted by atomic mass is 79.9. The van der Waals surface area contributed by atoms with Gasteiger partial charge in [0.05, 0.1) is 11.7 Å². The zero-order valence-electron chi connectivity index (χ0n) is 10.1. The van der Waals surface area contributed by atoms with Crippen LogP contribution in [0.2, 0.25) is 0 Å². The number of benzene rings is 1. The van der Waals surface area contributed by atoms with Crippen LogP contribution in [0.25, 0.3) is 0 Å². The summed E-state index contributed by atoms with van der Waals surface area (Å²) in [6.45, 7) is 2.83. The van der Waals surface area contributed by atoms with Crippen LogP contribution in [-0.4, -0.2) is 35.1 Å². The molecule has 1 N–H and O–H groups in total. The molecular formula is C13H15BrFNO2. The van der Waals surface area contributed by atoms with Gasteiger partial charge in [-0.05, 0) is 30.5 Å². The van der Waals surface area contributed by atoms with Crippen molar-refractivity contribution in [3.8, 4) is 0 Å². The number of hydrogen-bond donors (Lipinski definition) is 1. The highest BCUT2D eigenvalue weighted by molar-refractivity contribution is 9.10. The first kappa shape index (κ1) is 13.5. The van der Waals surface area contributed by atoms with E-state index in [4.69, 9.17) is 0 Å². The summed E-state index contributed by atoms with van der Waals surface area (Å²) in [5.74, 6) is -0.798. The van der Waals surface area contributed by atoms with Crippen LogP contribution in [0.1, 0.15) is 23.7 Å². The van der Waals surface area contributed by atoms with Crippen LogP contribution >= 0.6 is 15.9 Å². The molecule has 0 aromatic heterocycles. The quantitative estimate of drug-likeness (QED) is 0.864. The standard InChI is InChI=1S/C13H15BrFNO2/c1-8-7-16(5-4-12(8)17)13(18)10-3-2-9(14)6-11(10)15/h2-3,6,8,12,17H,4-5,7H2,1H3. The average Bonchev–Trinajstić information content (AvgIpc) is 2.32. The number of aliphatic hydroxyl groups is 1. The maximum Gasteiger partial charge on any atom is 0.256 e. The largest absolute Gasteiger partial charge is 0.393 e. The Morgan fingerprint density at radius 2 is 2.28 bits per heavy atom. The van der Waals surface area contributed by atoms with Gasteiger partial charge in [-0.2, -0.15) is 0 Å². The zero-order valence-corrected chi connectivity index (χ0v) is 11.7. The highest BCUT2D eigenvalue weighted by Gasteiger charge is 2.28. The summed E-state index contributed by atoms with van der Waals surface area (Å²) in [4.78, 5) is 13.8. The molecule has 0 aliphatic carbocycles. The Hall–Kier alpha value is -0.940. The fourth-order valence-corrected chi connectivity index (χ4v) is 2.48. The van der Waals surface area contributed by atoms with E-state index >= 15 is 0 Å². The van der Waals surface area contributed by atoms with Crippen molar-refractivity contribution >= 4 is 21.8 Å². The van der Waals surface area contributed by atoms with Crippen LogP contribution in [0, 0.1) is 11.7 Å². The van der Waals surface area contributed by atoms with Gasteiger partial charge in [-0.25, -0.2) is 4.39 Å². The number of likely N-dealkylation sites (tertiary alicyclic amines) is 1. The fraction of sp³-hybridized carbons (Fsp3) is 0.462. The van der Waals surface area contributed by atoms with Gasteiger partial charge in [-0.15, -0.1) is 0 Å². The van der Waals surface area contributed by atoms with E-state index in [1.807, 2.05) is 6.92 Å². The number of amides is 1. The maximum absolute atomic E-state index is 13.7. The van der Waals surface area contributed by atoms with Crippen LogP contribution < -0.4 is 0 Å². The van der Waals surface area contributed by atoms with Gasteiger partial charge in [0.2, 0.25) is 0 Å². The van der Waals surface area contributed by atoms with E-state index in [2.05, 4.69) is 15.9 Å². The molecule has 0 spiro atoms. The van der Waals surface area contributed by atoms with E-state index in [1.165, 1.54) is 12.1 Å². The Morgan fingerprint density at radius 3 is 2.89 bits per heavy atom. The molecule has 1 aromatic rings. The first-order chi connectivity index (χ1) is 8.49. The fourth-order valence-electron chi connectivity index (χ4n) is 2.15. The highest BCUT2D eigenvalue weighted by Crippen LogP contribution is 2.21. The summed E-state index contributed by atoms with van der Waals surface area (Å²) >= 11 is 3.16. The second-order valence-electron chi connectivity index (χ2n) is 4.71. The Kier molecular flexibility index (Phi) is 4.02. The van der Waals surface area contributed by atoms with Gasteiger partial charge >= 0.3 is 0 Å². The number of nitrogens with zero attached hydrogens (tertiary/aromatic N) is 1. The maximum atomic E-state index is 13.7. The minimum Gasteiger partial charge on any atom is -0.393 e. The lowest BCUT2D eigenvalue weighted by molar-refractivity contribution is 0.0295. The normalized spacial score (nSPS) is 24.1. The Labute approximate surface area is 114 Å². The predicted molar refractivity (Wildman–Crippen MR) is 69.8 cm³/mol. The van der Waals surface area contributed by atoms with Crippen LogP contribution in [-0.2, 0) is 0 Å². The minimum atomic E-state index is -0.520. The molecule has 5 heteroatoms. The van der Waals surface area contributed by atoms with Gasteiger partial charge in [0, 0.05) is 17.6 Å². The molecule has 18 heavy (non-hydrogen) atoms. The summed E-state index contributed by atoms with van der Waals surface area (Å²) < 4.78 is 14.3. The molecule has 98 valence electrons. The first-order valence-corrected chi connectivity index (χ1v) is 6.70. The van der Waals surface area contributed by atoms with Gasteiger partial charge in [-0.1, -0.05) is 22.9 Å². The second-order valence-corrected chi connectivity index (χ2v) is 5.62. The topological polar surface area (TPSA) is 40.5 Å². The molecule has 2 atom stereocenters. The molecule has 3 nitrogen and oxygen atoms in total. The van der Waals surface area contributed by atoms with Gasteiger partial charge < -0.3 is 10.0 Å². The van der Waals surface area contributed by atoms with Gasteiger partial charge in [-0.3, -0.25) is 4.79 Å². The van der Waals surface area contributed by atoms with E-state index in [9.17, 15) is 14.3 Å². The molecule has 0 bridgehead atoms. The van der Waals surface area contributed by atoms with Crippen LogP contribution in [0.5, 0.6) is 0 Å². The van der Waals surface area contributed by atoms with E-state index in [0.29, 0.717) is 24.0 Å². The lowest BCUT2D eigenvalue weighted by atomic mass is 9.96. The van der Waals surface area contributed by atoms with Gasteiger partial charge in [0.15, 0.2) is 0 Å². The first-order valence-electron chi connectivity index (χ1n) is 5.91. The second kappa shape index (κ2) is 5.36. The minimum absolute atomic E-state index is 0.0289. The lowest BCUT2D eigenvalue weighted by Crippen LogP contribution is -2.45. The van der Waals surface area contributed by atoms with E-state index in [-0.39, 0.29) is 23.5 Å². The predicted octanol–water partition coefficient (Wildman–Crippen LogP) is 2.43. The molecule has 0 radical (unpaired) electrons. The van der Waals surface area contributed by atoms with E-state index in [0.717, 1.165) is 0 Å². The number of carbonyl (C=O) groups excluding carboxylic acids is 1. The Balaban J connectivity index is 2.16. The molecule has 1 amide bonds. The average molecular weight is 316 g/mol. The SMILES string of the molecule is CC1CN(C(=O)c2ccc(Br)cc2F)CCC1O. The summed E-state index contributed by atoms with van der Waals surface area (Å²) in [6, 6.07) is 4.42. The number of halogens is 2. The summed E-state index contributed by atoms with van der Waals surface area (Å²) in [5.41, 5.74) is 0.0850. The number of aliphatic hydroxyl groups excluding tert-OH is 1. The molecular weight excluding hydrogens is 301 g/mol. The van der Waals surface area contributed by atoms with Gasteiger partial charge in [0.25, 0.3) is 5.91 Å². The Morgan fingerprint density at radius 1 is 1.56 bits per heavy atom. The van der Waals surface area contributed by atoms with Gasteiger partial charge in [0.1, 0.15) is 5.82 Å². The van der Waals surface area contributed by atoms with Crippen molar-refractivity contribution in [3.05, 3.63) is 34.1 Å². The van der Waals surface area contributed by atoms with Crippen molar-refractivity contribution in [1.82, 2.24) is 4.90 Å². The van der Waals surface area contributed by atoms with Crippen molar-refractivity contribution in [2.24, 2.45) is 5.92 Å². The number of rotatable bonds is 1. The smallest absolute Gasteiger partial charge is 0.256 e. The van der Waals surface area contributed by atoms with E-state index in [1.54, 1.807) is 11.0 Å². The van der Waals surface area contributed by atoms with Crippen LogP contribution in [0.15, 0.2) is 22.7 Å². The van der Waals surface area contributed by atoms with Crippen molar-refractivity contribution in [1.29, 1.82) is 0 Å². The Bertz CT molecular complexity index is 466. The molecule has 1 aliphatic rings. The summed E-state index contributed by atoms with van der Waals surface area (Å²) in [7, 11) is 0. The van der Waals surface area contributed by atoms with Crippen molar-refractivity contribution in [3.63, 3.8) is 0 Å². The molecule has 1 saturated heterocycles. The van der Waals surface area contributed by atoms with Crippen molar-refractivity contribution < 1.29 is 14.3 Å². The number of piperidine rings is 1. The lowest BCUT2D eigenvalue weighted by Gasteiger charge is -2.34. The molecule has 1 aromatic carbocycles. The monoisotopic (exact) mass is 315 g/mol. The molecule has 1 aliphatic heterocycles. The van der Waals surface area contributed by atoms with Crippen molar-refractivity contribution in [2.75, 3.05) is 13.1 Å². The van der Waals surface area contributed by atoms with Crippen LogP contribution in [0.4, 0.5) is 4.39 Å². The van der Waals surface area contributed by atoms with Crippen LogP contribution in [0.3, 0.4) is 0 Å².